The molecule has 0 radical (unpaired) electrons. The lowest BCUT2D eigenvalue weighted by atomic mass is 10.3. The molecule has 0 atom stereocenters. The first-order valence-corrected chi connectivity index (χ1v) is 8.36. The number of nitrogens with zero attached hydrogens (tertiary/aromatic N) is 3. The van der Waals surface area contributed by atoms with E-state index in [9.17, 15) is 8.42 Å². The molecule has 0 saturated heterocycles. The Balaban J connectivity index is 1.83. The first-order chi connectivity index (χ1) is 9.96. The summed E-state index contributed by atoms with van der Waals surface area (Å²) >= 11 is 0. The molecule has 114 valence electrons. The Kier molecular flexibility index (Phi) is 4.79. The van der Waals surface area contributed by atoms with Gasteiger partial charge in [0.15, 0.2) is 9.84 Å². The van der Waals surface area contributed by atoms with Crippen molar-refractivity contribution in [1.29, 1.82) is 0 Å². The molecule has 0 fully saturated rings. The zero-order valence-corrected chi connectivity index (χ0v) is 12.7. The molecule has 2 rings (SSSR count). The maximum Gasteiger partial charge on any atom is 0.153 e. The fourth-order valence-corrected chi connectivity index (χ4v) is 2.38. The second kappa shape index (κ2) is 6.57. The zero-order chi connectivity index (χ0) is 15.3. The van der Waals surface area contributed by atoms with E-state index < -0.39 is 9.84 Å². The highest BCUT2D eigenvalue weighted by molar-refractivity contribution is 7.89. The lowest BCUT2D eigenvalue weighted by molar-refractivity contribution is 0.289. The van der Waals surface area contributed by atoms with Crippen molar-refractivity contribution in [2.45, 2.75) is 12.3 Å². The van der Waals surface area contributed by atoms with E-state index in [0.717, 1.165) is 11.5 Å². The van der Waals surface area contributed by atoms with Crippen LogP contribution in [0.5, 0.6) is 11.5 Å². The SMILES string of the molecule is COc1ccc(OCCn2cc(CS(C)(=O)=O)nn2)cc1. The van der Waals surface area contributed by atoms with Crippen LogP contribution in [0.3, 0.4) is 0 Å². The van der Waals surface area contributed by atoms with Gasteiger partial charge in [0.05, 0.1) is 25.1 Å². The molecule has 0 aliphatic rings. The Bertz CT molecular complexity index is 680. The number of hydrogen-bond donors (Lipinski definition) is 0. The predicted molar refractivity (Wildman–Crippen MR) is 77.1 cm³/mol. The molecule has 0 aliphatic heterocycles. The topological polar surface area (TPSA) is 83.3 Å². The average Bonchev–Trinajstić information content (AvgIpc) is 2.85. The summed E-state index contributed by atoms with van der Waals surface area (Å²) in [5.74, 6) is 1.39. The van der Waals surface area contributed by atoms with Crippen molar-refractivity contribution in [2.24, 2.45) is 0 Å². The molecule has 0 N–H and O–H groups in total. The third-order valence-electron chi connectivity index (χ3n) is 2.64. The summed E-state index contributed by atoms with van der Waals surface area (Å²) in [6.45, 7) is 0.900. The first-order valence-electron chi connectivity index (χ1n) is 6.30. The Morgan fingerprint density at radius 1 is 1.19 bits per heavy atom. The monoisotopic (exact) mass is 311 g/mol. The van der Waals surface area contributed by atoms with E-state index in [1.165, 1.54) is 6.26 Å². The van der Waals surface area contributed by atoms with Crippen LogP contribution in [0, 0.1) is 0 Å². The lowest BCUT2D eigenvalue weighted by Gasteiger charge is -2.06. The largest absolute Gasteiger partial charge is 0.497 e. The molecule has 0 aliphatic carbocycles. The van der Waals surface area contributed by atoms with Crippen molar-refractivity contribution < 1.29 is 17.9 Å². The third kappa shape index (κ3) is 5.07. The van der Waals surface area contributed by atoms with Crippen molar-refractivity contribution in [3.63, 3.8) is 0 Å². The highest BCUT2D eigenvalue weighted by Crippen LogP contribution is 2.16. The van der Waals surface area contributed by atoms with Crippen LogP contribution >= 0.6 is 0 Å². The average molecular weight is 311 g/mol. The van der Waals surface area contributed by atoms with E-state index in [0.29, 0.717) is 18.8 Å². The van der Waals surface area contributed by atoms with Gasteiger partial charge in [-0.2, -0.15) is 0 Å². The van der Waals surface area contributed by atoms with E-state index in [4.69, 9.17) is 9.47 Å². The number of sulfone groups is 1. The quantitative estimate of drug-likeness (QED) is 0.756. The molecule has 1 aromatic heterocycles. The van der Waals surface area contributed by atoms with Gasteiger partial charge in [-0.05, 0) is 24.3 Å². The number of rotatable bonds is 7. The van der Waals surface area contributed by atoms with Crippen LogP contribution in [-0.2, 0) is 22.1 Å². The molecule has 1 heterocycles. The summed E-state index contributed by atoms with van der Waals surface area (Å²) in [5, 5.41) is 7.67. The van der Waals surface area contributed by atoms with Gasteiger partial charge in [0.25, 0.3) is 0 Å². The number of hydrogen-bond acceptors (Lipinski definition) is 6. The minimum atomic E-state index is -3.09. The van der Waals surface area contributed by atoms with E-state index in [1.54, 1.807) is 18.0 Å². The van der Waals surface area contributed by atoms with Gasteiger partial charge in [-0.3, -0.25) is 0 Å². The van der Waals surface area contributed by atoms with Gasteiger partial charge in [0.1, 0.15) is 18.1 Å². The van der Waals surface area contributed by atoms with Crippen LogP contribution in [0.4, 0.5) is 0 Å². The van der Waals surface area contributed by atoms with E-state index in [1.807, 2.05) is 24.3 Å². The van der Waals surface area contributed by atoms with E-state index in [2.05, 4.69) is 10.3 Å². The molecule has 8 heteroatoms. The number of aromatic nitrogens is 3. The molecule has 2 aromatic rings. The molecule has 7 nitrogen and oxygen atoms in total. The van der Waals surface area contributed by atoms with E-state index >= 15 is 0 Å². The van der Waals surface area contributed by atoms with Gasteiger partial charge in [-0.15, -0.1) is 5.10 Å². The van der Waals surface area contributed by atoms with Crippen LogP contribution in [0.2, 0.25) is 0 Å². The fraction of sp³-hybridized carbons (Fsp3) is 0.385. The van der Waals surface area contributed by atoms with Crippen LogP contribution in [0.15, 0.2) is 30.5 Å². The molecule has 0 amide bonds. The fourth-order valence-electron chi connectivity index (χ4n) is 1.71. The molecule has 21 heavy (non-hydrogen) atoms. The summed E-state index contributed by atoms with van der Waals surface area (Å²) in [5.41, 5.74) is 0.432. The van der Waals surface area contributed by atoms with Crippen LogP contribution < -0.4 is 9.47 Å². The summed E-state index contributed by atoms with van der Waals surface area (Å²) in [6, 6.07) is 7.26. The molecular weight excluding hydrogens is 294 g/mol. The smallest absolute Gasteiger partial charge is 0.153 e. The van der Waals surface area contributed by atoms with Crippen molar-refractivity contribution in [3.8, 4) is 11.5 Å². The van der Waals surface area contributed by atoms with Gasteiger partial charge in [0.2, 0.25) is 0 Å². The van der Waals surface area contributed by atoms with Gasteiger partial charge in [-0.1, -0.05) is 5.21 Å². The standard InChI is InChI=1S/C13H17N3O4S/c1-19-12-3-5-13(6-4-12)20-8-7-16-9-11(14-15-16)10-21(2,17)18/h3-6,9H,7-8,10H2,1-2H3. The molecular formula is C13H17N3O4S. The second-order valence-corrected chi connectivity index (χ2v) is 6.71. The molecule has 0 spiro atoms. The Labute approximate surface area is 123 Å². The minimum absolute atomic E-state index is 0.105. The first kappa shape index (κ1) is 15.3. The van der Waals surface area contributed by atoms with Gasteiger partial charge < -0.3 is 9.47 Å². The predicted octanol–water partition coefficient (Wildman–Crippen LogP) is 0.910. The highest BCUT2D eigenvalue weighted by Gasteiger charge is 2.08. The molecule has 1 aromatic carbocycles. The normalized spacial score (nSPS) is 11.3. The van der Waals surface area contributed by atoms with Gasteiger partial charge >= 0.3 is 0 Å². The summed E-state index contributed by atoms with van der Waals surface area (Å²) in [7, 11) is -1.49. The van der Waals surface area contributed by atoms with Gasteiger partial charge in [-0.25, -0.2) is 13.1 Å². The minimum Gasteiger partial charge on any atom is -0.497 e. The second-order valence-electron chi connectivity index (χ2n) is 4.57. The molecule has 0 saturated carbocycles. The Morgan fingerprint density at radius 3 is 2.48 bits per heavy atom. The number of benzene rings is 1. The summed E-state index contributed by atoms with van der Waals surface area (Å²) < 4.78 is 34.5. The maximum absolute atomic E-state index is 11.1. The number of methoxy groups -OCH3 is 1. The lowest BCUT2D eigenvalue weighted by Crippen LogP contribution is -2.08. The summed E-state index contributed by atoms with van der Waals surface area (Å²) in [6.07, 6.45) is 2.78. The van der Waals surface area contributed by atoms with Crippen molar-refractivity contribution in [3.05, 3.63) is 36.2 Å². The highest BCUT2D eigenvalue weighted by atomic mass is 32.2. The van der Waals surface area contributed by atoms with Crippen LogP contribution in [-0.4, -0.2) is 43.4 Å². The van der Waals surface area contributed by atoms with Gasteiger partial charge in [0, 0.05) is 12.5 Å². The third-order valence-corrected chi connectivity index (χ3v) is 3.46. The van der Waals surface area contributed by atoms with E-state index in [-0.39, 0.29) is 5.75 Å². The molecule has 0 bridgehead atoms. The Morgan fingerprint density at radius 2 is 1.86 bits per heavy atom. The van der Waals surface area contributed by atoms with Crippen molar-refractivity contribution in [1.82, 2.24) is 15.0 Å². The van der Waals surface area contributed by atoms with Crippen LogP contribution in [0.1, 0.15) is 5.69 Å². The maximum atomic E-state index is 11.1. The number of ether oxygens (including phenoxy) is 2. The van der Waals surface area contributed by atoms with Crippen molar-refractivity contribution in [2.75, 3.05) is 20.0 Å². The molecule has 0 unspecified atom stereocenters. The van der Waals surface area contributed by atoms with Crippen molar-refractivity contribution >= 4 is 9.84 Å². The Hall–Kier alpha value is -2.09. The van der Waals surface area contributed by atoms with Crippen LogP contribution in [0.25, 0.3) is 0 Å². The zero-order valence-electron chi connectivity index (χ0n) is 11.9. The summed E-state index contributed by atoms with van der Waals surface area (Å²) in [4.78, 5) is 0.